The van der Waals surface area contributed by atoms with E-state index in [0.29, 0.717) is 18.5 Å². The van der Waals surface area contributed by atoms with Gasteiger partial charge in [-0.2, -0.15) is 13.2 Å². The summed E-state index contributed by atoms with van der Waals surface area (Å²) in [6, 6.07) is 0. The van der Waals surface area contributed by atoms with E-state index in [2.05, 4.69) is 9.97 Å². The Hall–Kier alpha value is -1.83. The van der Waals surface area contributed by atoms with Gasteiger partial charge in [0.05, 0.1) is 11.4 Å². The Morgan fingerprint density at radius 1 is 1.23 bits per heavy atom. The van der Waals surface area contributed by atoms with E-state index in [4.69, 9.17) is 9.94 Å². The molecule has 0 aromatic carbocycles. The highest BCUT2D eigenvalue weighted by molar-refractivity contribution is 7.91. The average Bonchev–Trinajstić information content (AvgIpc) is 2.77. The average molecular weight is 466 g/mol. The first-order valence-corrected chi connectivity index (χ1v) is 11.4. The van der Waals surface area contributed by atoms with Crippen LogP contribution in [0.4, 0.5) is 13.2 Å². The summed E-state index contributed by atoms with van der Waals surface area (Å²) < 4.78 is 68.2. The molecule has 2 N–H and O–H groups in total. The van der Waals surface area contributed by atoms with Crippen molar-refractivity contribution in [1.29, 1.82) is 0 Å². The predicted molar refractivity (Wildman–Crippen MR) is 102 cm³/mol. The molecule has 0 aliphatic carbocycles. The number of ether oxygens (including phenoxy) is 1. The van der Waals surface area contributed by atoms with Crippen LogP contribution in [0.2, 0.25) is 0 Å². The smallest absolute Gasteiger partial charge is 0.381 e. The van der Waals surface area contributed by atoms with Gasteiger partial charge in [0, 0.05) is 63.9 Å². The van der Waals surface area contributed by atoms with Crippen molar-refractivity contribution >= 4 is 15.9 Å². The lowest BCUT2D eigenvalue weighted by atomic mass is 9.95. The minimum Gasteiger partial charge on any atom is -0.381 e. The Morgan fingerprint density at radius 2 is 1.87 bits per heavy atom. The van der Waals surface area contributed by atoms with Crippen molar-refractivity contribution in [3.05, 3.63) is 23.8 Å². The molecule has 2 aliphatic rings. The summed E-state index contributed by atoms with van der Waals surface area (Å²) in [5.41, 5.74) is 2.34. The predicted octanol–water partition coefficient (Wildman–Crippen LogP) is 1.54. The van der Waals surface area contributed by atoms with Gasteiger partial charge in [-0.25, -0.2) is 18.2 Å². The molecule has 0 spiro atoms. The van der Waals surface area contributed by atoms with Crippen LogP contribution in [0.5, 0.6) is 0 Å². The number of halogens is 3. The summed E-state index contributed by atoms with van der Waals surface area (Å²) in [7, 11) is -4.05. The number of hydroxylamine groups is 1. The molecular weight excluding hydrogens is 441 g/mol. The molecule has 31 heavy (non-hydrogen) atoms. The molecule has 9 nitrogen and oxygen atoms in total. The van der Waals surface area contributed by atoms with Gasteiger partial charge in [-0.3, -0.25) is 20.0 Å². The third kappa shape index (κ3) is 5.16. The summed E-state index contributed by atoms with van der Waals surface area (Å²) in [6.07, 6.45) is -1.93. The number of hydrogen-bond acceptors (Lipinski definition) is 7. The highest BCUT2D eigenvalue weighted by Gasteiger charge is 2.54. The Morgan fingerprint density at radius 3 is 2.39 bits per heavy atom. The van der Waals surface area contributed by atoms with Crippen LogP contribution < -0.4 is 5.48 Å². The van der Waals surface area contributed by atoms with Gasteiger partial charge in [-0.1, -0.05) is 0 Å². The number of sulfonamides is 1. The number of alkyl halides is 3. The van der Waals surface area contributed by atoms with E-state index in [-0.39, 0.29) is 57.2 Å². The van der Waals surface area contributed by atoms with Gasteiger partial charge in [0.2, 0.25) is 10.0 Å². The normalized spacial score (nSPS) is 21.0. The molecule has 1 amide bonds. The Bertz CT molecular complexity index is 865. The molecule has 0 radical (unpaired) electrons. The maximum absolute atomic E-state index is 13.3. The molecule has 3 heterocycles. The van der Waals surface area contributed by atoms with Crippen molar-refractivity contribution in [2.24, 2.45) is 0 Å². The monoisotopic (exact) mass is 466 g/mol. The SMILES string of the molecule is O=C(NO)C1(S(=O)(=O)N2CCC(c3cnc(CCC(F)(F)F)cn3)CC2)CCOCC1. The largest absolute Gasteiger partial charge is 0.389 e. The van der Waals surface area contributed by atoms with Gasteiger partial charge in [-0.05, 0) is 19.3 Å². The summed E-state index contributed by atoms with van der Waals surface area (Å²) in [4.78, 5) is 20.6. The van der Waals surface area contributed by atoms with Crippen molar-refractivity contribution in [2.45, 2.75) is 55.4 Å². The van der Waals surface area contributed by atoms with Gasteiger partial charge in [0.15, 0.2) is 4.75 Å². The highest BCUT2D eigenvalue weighted by atomic mass is 32.2. The van der Waals surface area contributed by atoms with Gasteiger partial charge >= 0.3 is 6.18 Å². The molecule has 13 heteroatoms. The first-order chi connectivity index (χ1) is 14.6. The second-order valence-electron chi connectivity index (χ2n) is 7.77. The second kappa shape index (κ2) is 9.35. The molecule has 0 unspecified atom stereocenters. The lowest BCUT2D eigenvalue weighted by Gasteiger charge is -2.40. The van der Waals surface area contributed by atoms with E-state index in [0.717, 1.165) is 0 Å². The Balaban J connectivity index is 1.65. The third-order valence-corrected chi connectivity index (χ3v) is 8.54. The number of nitrogens with zero attached hydrogens (tertiary/aromatic N) is 3. The van der Waals surface area contributed by atoms with Gasteiger partial charge in [0.1, 0.15) is 0 Å². The molecule has 0 saturated carbocycles. The summed E-state index contributed by atoms with van der Waals surface area (Å²) >= 11 is 0. The summed E-state index contributed by atoms with van der Waals surface area (Å²) in [6.45, 7) is 0.510. The number of rotatable bonds is 6. The van der Waals surface area contributed by atoms with Crippen molar-refractivity contribution < 1.29 is 36.3 Å². The zero-order valence-corrected chi connectivity index (χ0v) is 17.6. The maximum Gasteiger partial charge on any atom is 0.389 e. The zero-order chi connectivity index (χ0) is 22.7. The minimum atomic E-state index is -4.26. The molecule has 2 saturated heterocycles. The number of aryl methyl sites for hydroxylation is 1. The molecule has 0 bridgehead atoms. The molecule has 0 atom stereocenters. The first kappa shape index (κ1) is 23.8. The molecule has 1 aromatic heterocycles. The van der Waals surface area contributed by atoms with Crippen molar-refractivity contribution in [3.8, 4) is 0 Å². The number of carbonyl (C=O) groups excluding carboxylic acids is 1. The first-order valence-electron chi connectivity index (χ1n) is 9.98. The van der Waals surface area contributed by atoms with Crippen LogP contribution in [0.1, 0.15) is 49.4 Å². The Kier molecular flexibility index (Phi) is 7.18. The fourth-order valence-electron chi connectivity index (χ4n) is 4.02. The standard InChI is InChI=1S/C18H25F3N4O5S/c19-18(20,21)4-1-14-11-23-15(12-22-14)13-2-7-25(8-3-13)31(28,29)17(16(26)24-27)5-9-30-10-6-17/h11-13,27H,1-10H2,(H,24,26). The quantitative estimate of drug-likeness (QED) is 0.482. The molecule has 3 rings (SSSR count). The van der Waals surface area contributed by atoms with E-state index >= 15 is 0 Å². The van der Waals surface area contributed by atoms with Crippen LogP contribution in [0.25, 0.3) is 0 Å². The number of carbonyl (C=O) groups is 1. The number of piperidine rings is 1. The number of nitrogens with one attached hydrogen (secondary N) is 1. The summed E-state index contributed by atoms with van der Waals surface area (Å²) in [5.74, 6) is -1.05. The van der Waals surface area contributed by atoms with Crippen LogP contribution in [-0.4, -0.2) is 71.0 Å². The van der Waals surface area contributed by atoms with E-state index < -0.39 is 33.3 Å². The third-order valence-electron chi connectivity index (χ3n) is 5.91. The van der Waals surface area contributed by atoms with Gasteiger partial charge < -0.3 is 4.74 Å². The number of hydrogen-bond donors (Lipinski definition) is 2. The lowest BCUT2D eigenvalue weighted by molar-refractivity contribution is -0.135. The van der Waals surface area contributed by atoms with E-state index in [1.165, 1.54) is 22.2 Å². The summed E-state index contributed by atoms with van der Waals surface area (Å²) in [5, 5.41) is 9.11. The zero-order valence-electron chi connectivity index (χ0n) is 16.8. The fraction of sp³-hybridized carbons (Fsp3) is 0.722. The second-order valence-corrected chi connectivity index (χ2v) is 10.0. The topological polar surface area (TPSA) is 122 Å². The molecule has 2 aliphatic heterocycles. The lowest BCUT2D eigenvalue weighted by Crippen LogP contribution is -2.60. The van der Waals surface area contributed by atoms with Crippen molar-refractivity contribution in [2.75, 3.05) is 26.3 Å². The fourth-order valence-corrected chi connectivity index (χ4v) is 6.17. The van der Waals surface area contributed by atoms with E-state index in [1.54, 1.807) is 0 Å². The van der Waals surface area contributed by atoms with E-state index in [9.17, 15) is 26.4 Å². The maximum atomic E-state index is 13.3. The minimum absolute atomic E-state index is 0.0491. The van der Waals surface area contributed by atoms with Crippen LogP contribution in [-0.2, 0) is 26.0 Å². The van der Waals surface area contributed by atoms with Crippen LogP contribution >= 0.6 is 0 Å². The van der Waals surface area contributed by atoms with Gasteiger partial charge in [-0.15, -0.1) is 0 Å². The van der Waals surface area contributed by atoms with Crippen molar-refractivity contribution in [3.63, 3.8) is 0 Å². The van der Waals surface area contributed by atoms with Crippen molar-refractivity contribution in [1.82, 2.24) is 19.8 Å². The van der Waals surface area contributed by atoms with Gasteiger partial charge in [0.25, 0.3) is 5.91 Å². The molecule has 1 aromatic rings. The number of amides is 1. The van der Waals surface area contributed by atoms with Crippen LogP contribution in [0, 0.1) is 0 Å². The molecule has 2 fully saturated rings. The van der Waals surface area contributed by atoms with Crippen LogP contribution in [0.3, 0.4) is 0 Å². The van der Waals surface area contributed by atoms with Crippen LogP contribution in [0.15, 0.2) is 12.4 Å². The number of aromatic nitrogens is 2. The molecule has 174 valence electrons. The Labute approximate surface area is 178 Å². The highest BCUT2D eigenvalue weighted by Crippen LogP contribution is 2.36. The van der Waals surface area contributed by atoms with E-state index in [1.807, 2.05) is 0 Å². The molecular formula is C18H25F3N4O5S.